The van der Waals surface area contributed by atoms with E-state index >= 15 is 0 Å². The van der Waals surface area contributed by atoms with Crippen molar-refractivity contribution in [1.29, 1.82) is 0 Å². The Morgan fingerprint density at radius 3 is 2.92 bits per heavy atom. The van der Waals surface area contributed by atoms with Gasteiger partial charge >= 0.3 is 0 Å². The zero-order valence-electron chi connectivity index (χ0n) is 14.6. The SMILES string of the molecule is CCCc1cc(C(=O)N(C)C[C@]2(O)CCN(c3ncccn3)C2)no1. The van der Waals surface area contributed by atoms with Gasteiger partial charge in [-0.25, -0.2) is 9.97 Å². The summed E-state index contributed by atoms with van der Waals surface area (Å²) in [6.45, 7) is 3.28. The topological polar surface area (TPSA) is 95.6 Å². The molecule has 25 heavy (non-hydrogen) atoms. The second-order valence-electron chi connectivity index (χ2n) is 6.53. The Morgan fingerprint density at radius 2 is 2.20 bits per heavy atom. The molecule has 1 aliphatic rings. The van der Waals surface area contributed by atoms with Gasteiger partial charge < -0.3 is 19.4 Å². The van der Waals surface area contributed by atoms with Gasteiger partial charge in [0.05, 0.1) is 13.1 Å². The Labute approximate surface area is 146 Å². The van der Waals surface area contributed by atoms with Crippen LogP contribution in [0.3, 0.4) is 0 Å². The quantitative estimate of drug-likeness (QED) is 0.838. The first-order valence-corrected chi connectivity index (χ1v) is 8.46. The summed E-state index contributed by atoms with van der Waals surface area (Å²) in [5.41, 5.74) is -0.727. The van der Waals surface area contributed by atoms with Crippen LogP contribution in [0.4, 0.5) is 5.95 Å². The number of carbonyl (C=O) groups excluding carboxylic acids is 1. The molecule has 1 atom stereocenters. The van der Waals surface area contributed by atoms with Crippen molar-refractivity contribution in [3.05, 3.63) is 36.0 Å². The molecule has 1 fully saturated rings. The van der Waals surface area contributed by atoms with E-state index in [4.69, 9.17) is 4.52 Å². The number of β-amino-alcohol motifs (C(OH)–C–C–N with tert-alkyl or cyclic N) is 1. The summed E-state index contributed by atoms with van der Waals surface area (Å²) >= 11 is 0. The lowest BCUT2D eigenvalue weighted by atomic mass is 10.0. The van der Waals surface area contributed by atoms with Crippen molar-refractivity contribution < 1.29 is 14.4 Å². The fraction of sp³-hybridized carbons (Fsp3) is 0.529. The molecule has 2 aromatic heterocycles. The van der Waals surface area contributed by atoms with Crippen molar-refractivity contribution in [3.8, 4) is 0 Å². The molecule has 8 heteroatoms. The van der Waals surface area contributed by atoms with E-state index in [1.54, 1.807) is 31.6 Å². The van der Waals surface area contributed by atoms with Crippen molar-refractivity contribution in [1.82, 2.24) is 20.0 Å². The average molecular weight is 345 g/mol. The van der Waals surface area contributed by atoms with Gasteiger partial charge in [-0.15, -0.1) is 0 Å². The van der Waals surface area contributed by atoms with Crippen molar-refractivity contribution in [3.63, 3.8) is 0 Å². The van der Waals surface area contributed by atoms with Gasteiger partial charge in [0.15, 0.2) is 5.69 Å². The number of carbonyl (C=O) groups is 1. The highest BCUT2D eigenvalue weighted by molar-refractivity contribution is 5.92. The highest BCUT2D eigenvalue weighted by Crippen LogP contribution is 2.25. The fourth-order valence-electron chi connectivity index (χ4n) is 3.10. The van der Waals surface area contributed by atoms with E-state index in [0.717, 1.165) is 12.8 Å². The van der Waals surface area contributed by atoms with E-state index in [-0.39, 0.29) is 18.1 Å². The summed E-state index contributed by atoms with van der Waals surface area (Å²) in [5, 5.41) is 14.7. The van der Waals surface area contributed by atoms with Crippen molar-refractivity contribution in [2.24, 2.45) is 0 Å². The van der Waals surface area contributed by atoms with Crippen LogP contribution in [0.1, 0.15) is 36.0 Å². The predicted molar refractivity (Wildman–Crippen MR) is 91.3 cm³/mol. The Balaban J connectivity index is 1.61. The van der Waals surface area contributed by atoms with E-state index in [9.17, 15) is 9.90 Å². The second kappa shape index (κ2) is 7.18. The summed E-state index contributed by atoms with van der Waals surface area (Å²) in [7, 11) is 1.66. The maximum absolute atomic E-state index is 12.5. The lowest BCUT2D eigenvalue weighted by Crippen LogP contribution is -2.46. The molecular weight excluding hydrogens is 322 g/mol. The molecule has 1 saturated heterocycles. The number of rotatable bonds is 6. The van der Waals surface area contributed by atoms with Gasteiger partial charge in [0.2, 0.25) is 5.95 Å². The molecule has 134 valence electrons. The largest absolute Gasteiger partial charge is 0.386 e. The summed E-state index contributed by atoms with van der Waals surface area (Å²) in [5.74, 6) is 1.04. The van der Waals surface area contributed by atoms with Gasteiger partial charge in [-0.3, -0.25) is 4.79 Å². The molecule has 0 aromatic carbocycles. The van der Waals surface area contributed by atoms with Gasteiger partial charge in [0.1, 0.15) is 11.4 Å². The maximum Gasteiger partial charge on any atom is 0.275 e. The molecule has 1 amide bonds. The van der Waals surface area contributed by atoms with E-state index in [0.29, 0.717) is 31.2 Å². The lowest BCUT2D eigenvalue weighted by molar-refractivity contribution is 0.0260. The molecule has 1 N–H and O–H groups in total. The molecule has 0 spiro atoms. The number of hydrogen-bond acceptors (Lipinski definition) is 7. The first-order valence-electron chi connectivity index (χ1n) is 8.46. The van der Waals surface area contributed by atoms with Gasteiger partial charge in [-0.2, -0.15) is 0 Å². The zero-order valence-corrected chi connectivity index (χ0v) is 14.6. The molecule has 3 heterocycles. The molecule has 0 saturated carbocycles. The monoisotopic (exact) mass is 345 g/mol. The molecule has 8 nitrogen and oxygen atoms in total. The van der Waals surface area contributed by atoms with Gasteiger partial charge in [0, 0.05) is 38.5 Å². The summed E-state index contributed by atoms with van der Waals surface area (Å²) < 4.78 is 5.16. The number of nitrogens with zero attached hydrogens (tertiary/aromatic N) is 5. The van der Waals surface area contributed by atoms with Crippen molar-refractivity contribution >= 4 is 11.9 Å². The predicted octanol–water partition coefficient (Wildman–Crippen LogP) is 1.13. The maximum atomic E-state index is 12.5. The normalized spacial score (nSPS) is 20.0. The Morgan fingerprint density at radius 1 is 1.44 bits per heavy atom. The van der Waals surface area contributed by atoms with Crippen LogP contribution in [0.2, 0.25) is 0 Å². The molecule has 0 aliphatic carbocycles. The van der Waals surface area contributed by atoms with E-state index in [1.165, 1.54) is 4.90 Å². The number of aryl methyl sites for hydroxylation is 1. The van der Waals surface area contributed by atoms with Crippen LogP contribution in [0.15, 0.2) is 29.0 Å². The highest BCUT2D eigenvalue weighted by atomic mass is 16.5. The minimum atomic E-state index is -1.00. The van der Waals surface area contributed by atoms with Crippen LogP contribution in [0.5, 0.6) is 0 Å². The first-order chi connectivity index (χ1) is 12.0. The first kappa shape index (κ1) is 17.3. The fourth-order valence-corrected chi connectivity index (χ4v) is 3.10. The summed E-state index contributed by atoms with van der Waals surface area (Å²) in [6, 6.07) is 3.42. The smallest absolute Gasteiger partial charge is 0.275 e. The standard InChI is InChI=1S/C17H23N5O3/c1-3-5-13-10-14(20-25-13)15(23)21(2)11-17(24)6-9-22(12-17)16-18-7-4-8-19-16/h4,7-8,10,24H,3,5-6,9,11-12H2,1-2H3/t17-/m1/s1. The average Bonchev–Trinajstić information content (AvgIpc) is 3.22. The van der Waals surface area contributed by atoms with Crippen molar-refractivity contribution in [2.45, 2.75) is 31.8 Å². The second-order valence-corrected chi connectivity index (χ2v) is 6.53. The van der Waals surface area contributed by atoms with Crippen LogP contribution in [0.25, 0.3) is 0 Å². The molecule has 0 unspecified atom stereocenters. The third kappa shape index (κ3) is 3.96. The summed E-state index contributed by atoms with van der Waals surface area (Å²) in [4.78, 5) is 24.3. The Bertz CT molecular complexity index is 720. The number of amides is 1. The van der Waals surface area contributed by atoms with Crippen LogP contribution in [0, 0.1) is 0 Å². The minimum absolute atomic E-state index is 0.213. The molecule has 0 radical (unpaired) electrons. The van der Waals surface area contributed by atoms with Crippen LogP contribution in [-0.2, 0) is 6.42 Å². The minimum Gasteiger partial charge on any atom is -0.386 e. The highest BCUT2D eigenvalue weighted by Gasteiger charge is 2.39. The van der Waals surface area contributed by atoms with Crippen LogP contribution >= 0.6 is 0 Å². The molecule has 2 aromatic rings. The zero-order chi connectivity index (χ0) is 17.9. The molecule has 0 bridgehead atoms. The summed E-state index contributed by atoms with van der Waals surface area (Å²) in [6.07, 6.45) is 5.57. The molecule has 1 aliphatic heterocycles. The van der Waals surface area contributed by atoms with E-state index in [1.807, 2.05) is 11.8 Å². The molecule has 3 rings (SSSR count). The number of likely N-dealkylation sites (N-methyl/N-ethyl adjacent to an activating group) is 1. The van der Waals surface area contributed by atoms with E-state index in [2.05, 4.69) is 15.1 Å². The van der Waals surface area contributed by atoms with Gasteiger partial charge in [-0.1, -0.05) is 12.1 Å². The van der Waals surface area contributed by atoms with Crippen LogP contribution in [-0.4, -0.2) is 63.3 Å². The number of hydrogen-bond donors (Lipinski definition) is 1. The van der Waals surface area contributed by atoms with Crippen LogP contribution < -0.4 is 4.90 Å². The van der Waals surface area contributed by atoms with Gasteiger partial charge in [0.25, 0.3) is 5.91 Å². The third-order valence-electron chi connectivity index (χ3n) is 4.32. The lowest BCUT2D eigenvalue weighted by Gasteiger charge is -2.28. The molecular formula is C17H23N5O3. The third-order valence-corrected chi connectivity index (χ3v) is 4.32. The Hall–Kier alpha value is -2.48. The number of anilines is 1. The Kier molecular flexibility index (Phi) is 4.98. The van der Waals surface area contributed by atoms with E-state index < -0.39 is 5.60 Å². The van der Waals surface area contributed by atoms with Gasteiger partial charge in [-0.05, 0) is 18.9 Å². The number of aliphatic hydroxyl groups is 1. The number of aromatic nitrogens is 3. The van der Waals surface area contributed by atoms with Crippen molar-refractivity contribution in [2.75, 3.05) is 31.6 Å².